The smallest absolute Gasteiger partial charge is 0.333 e. The lowest BCUT2D eigenvalue weighted by Gasteiger charge is -2.47. The van der Waals surface area contributed by atoms with Gasteiger partial charge in [0.25, 0.3) is 5.91 Å². The second-order valence-electron chi connectivity index (χ2n) is 10.2. The third kappa shape index (κ3) is 3.76. The van der Waals surface area contributed by atoms with Crippen LogP contribution in [0.15, 0.2) is 59.1 Å². The van der Waals surface area contributed by atoms with E-state index in [2.05, 4.69) is 15.9 Å². The van der Waals surface area contributed by atoms with Gasteiger partial charge in [-0.25, -0.2) is 14.7 Å². The normalized spacial score (nSPS) is 26.8. The Labute approximate surface area is 206 Å². The summed E-state index contributed by atoms with van der Waals surface area (Å²) in [6.45, 7) is 8.03. The number of piperidine rings is 1. The lowest BCUT2D eigenvalue weighted by molar-refractivity contribution is -0.126. The van der Waals surface area contributed by atoms with Crippen LogP contribution in [0.25, 0.3) is 10.8 Å². The van der Waals surface area contributed by atoms with Crippen molar-refractivity contribution in [3.63, 3.8) is 0 Å². The summed E-state index contributed by atoms with van der Waals surface area (Å²) < 4.78 is 0. The van der Waals surface area contributed by atoms with Crippen molar-refractivity contribution in [1.82, 2.24) is 14.7 Å². The number of nitrogens with two attached hydrogens (primary N) is 1. The van der Waals surface area contributed by atoms with Gasteiger partial charge in [-0.05, 0) is 45.1 Å². The van der Waals surface area contributed by atoms with Gasteiger partial charge in [-0.2, -0.15) is 0 Å². The number of likely N-dealkylation sites (tertiary alicyclic amines) is 1. The number of allylic oxidation sites excluding steroid dienone is 1. The number of rotatable bonds is 3. The van der Waals surface area contributed by atoms with Gasteiger partial charge in [0, 0.05) is 38.1 Å². The number of guanidine groups is 1. The summed E-state index contributed by atoms with van der Waals surface area (Å²) in [5.41, 5.74) is 7.05. The molecule has 2 fully saturated rings. The van der Waals surface area contributed by atoms with Crippen molar-refractivity contribution >= 4 is 34.4 Å². The molecule has 5 rings (SSSR count). The highest BCUT2D eigenvalue weighted by molar-refractivity contribution is 6.23. The van der Waals surface area contributed by atoms with Crippen LogP contribution in [0.3, 0.4) is 0 Å². The molecule has 8 heteroatoms. The Kier molecular flexibility index (Phi) is 5.79. The van der Waals surface area contributed by atoms with Gasteiger partial charge < -0.3 is 15.5 Å². The number of likely N-dealkylation sites (N-methyl/N-ethyl adjacent to an activating group) is 1. The minimum Gasteiger partial charge on any atom is -0.341 e. The van der Waals surface area contributed by atoms with Crippen molar-refractivity contribution < 1.29 is 9.59 Å². The molecule has 3 unspecified atom stereocenters. The van der Waals surface area contributed by atoms with E-state index in [1.807, 2.05) is 63.2 Å². The monoisotopic (exact) mass is 474 g/mol. The minimum absolute atomic E-state index is 0.0643. The van der Waals surface area contributed by atoms with Gasteiger partial charge >= 0.3 is 6.03 Å². The molecule has 3 amide bonds. The summed E-state index contributed by atoms with van der Waals surface area (Å²) in [6, 6.07) is 12.6. The van der Waals surface area contributed by atoms with Crippen LogP contribution in [0.4, 0.5) is 10.5 Å². The summed E-state index contributed by atoms with van der Waals surface area (Å²) in [6.07, 6.45) is 4.06. The second-order valence-corrected chi connectivity index (χ2v) is 10.2. The van der Waals surface area contributed by atoms with Crippen molar-refractivity contribution in [2.75, 3.05) is 31.6 Å². The predicted molar refractivity (Wildman–Crippen MR) is 139 cm³/mol. The highest BCUT2D eigenvalue weighted by Crippen LogP contribution is 2.40. The first-order chi connectivity index (χ1) is 16.7. The van der Waals surface area contributed by atoms with Gasteiger partial charge in [0.15, 0.2) is 17.7 Å². The van der Waals surface area contributed by atoms with E-state index in [1.165, 1.54) is 4.90 Å². The average Bonchev–Trinajstić information content (AvgIpc) is 3.15. The van der Waals surface area contributed by atoms with Gasteiger partial charge in [0.05, 0.1) is 5.69 Å². The zero-order valence-corrected chi connectivity index (χ0v) is 20.9. The van der Waals surface area contributed by atoms with E-state index in [0.29, 0.717) is 18.8 Å². The molecular weight excluding hydrogens is 440 g/mol. The van der Waals surface area contributed by atoms with Gasteiger partial charge in [-0.3, -0.25) is 9.69 Å². The Bertz CT molecular complexity index is 1230. The fraction of sp³-hybridized carbons (Fsp3) is 0.444. The number of fused-ring (bicyclic) bond motifs is 2. The predicted octanol–water partition coefficient (Wildman–Crippen LogP) is 3.38. The second kappa shape index (κ2) is 8.68. The minimum atomic E-state index is -1.01. The third-order valence-corrected chi connectivity index (χ3v) is 7.47. The summed E-state index contributed by atoms with van der Waals surface area (Å²) in [7, 11) is 1.74. The quantitative estimate of drug-likeness (QED) is 0.690. The molecule has 2 saturated heterocycles. The molecule has 0 saturated carbocycles. The van der Waals surface area contributed by atoms with Crippen molar-refractivity contribution in [1.29, 1.82) is 0 Å². The number of imide groups is 1. The maximum Gasteiger partial charge on any atom is 0.333 e. The molecule has 2 aromatic carbocycles. The molecule has 184 valence electrons. The van der Waals surface area contributed by atoms with Crippen LogP contribution in [-0.2, 0) is 4.79 Å². The van der Waals surface area contributed by atoms with Crippen molar-refractivity contribution in [2.45, 2.75) is 51.4 Å². The molecule has 2 aromatic rings. The molecule has 2 N–H and O–H groups in total. The molecule has 8 nitrogen and oxygen atoms in total. The number of amides is 3. The van der Waals surface area contributed by atoms with Gasteiger partial charge in [0.2, 0.25) is 0 Å². The largest absolute Gasteiger partial charge is 0.341 e. The third-order valence-electron chi connectivity index (χ3n) is 7.47. The van der Waals surface area contributed by atoms with Gasteiger partial charge in [-0.1, -0.05) is 48.0 Å². The molecule has 0 radical (unpaired) electrons. The lowest BCUT2D eigenvalue weighted by atomic mass is 9.95. The Hall–Kier alpha value is -3.39. The number of aliphatic imine (C=N–C) groups is 1. The number of urea groups is 1. The van der Waals surface area contributed by atoms with Crippen LogP contribution < -0.4 is 10.6 Å². The van der Waals surface area contributed by atoms with Gasteiger partial charge in [0.1, 0.15) is 0 Å². The van der Waals surface area contributed by atoms with Crippen LogP contribution in [-0.4, -0.2) is 77.0 Å². The average molecular weight is 475 g/mol. The summed E-state index contributed by atoms with van der Waals surface area (Å²) in [5.74, 6) is 0.493. The maximum atomic E-state index is 14.3. The van der Waals surface area contributed by atoms with Crippen LogP contribution in [0, 0.1) is 0 Å². The number of anilines is 1. The van der Waals surface area contributed by atoms with E-state index in [0.717, 1.165) is 41.7 Å². The first-order valence-electron chi connectivity index (χ1n) is 12.3. The topological polar surface area (TPSA) is 85.5 Å². The van der Waals surface area contributed by atoms with E-state index in [-0.39, 0.29) is 18.0 Å². The Balaban J connectivity index is 1.61. The molecule has 3 aliphatic heterocycles. The van der Waals surface area contributed by atoms with Crippen LogP contribution in [0.1, 0.15) is 33.6 Å². The number of hydrogen-bond acceptors (Lipinski definition) is 6. The van der Waals surface area contributed by atoms with Crippen LogP contribution in [0.2, 0.25) is 0 Å². The highest BCUT2D eigenvalue weighted by Gasteiger charge is 2.60. The van der Waals surface area contributed by atoms with Crippen molar-refractivity contribution in [3.05, 3.63) is 54.1 Å². The first-order valence-corrected chi connectivity index (χ1v) is 12.3. The molecule has 35 heavy (non-hydrogen) atoms. The Morgan fingerprint density at radius 1 is 1.17 bits per heavy atom. The first kappa shape index (κ1) is 23.4. The lowest BCUT2D eigenvalue weighted by Crippen LogP contribution is -2.71. The maximum absolute atomic E-state index is 14.3. The SMILES string of the molecule is CC(C)=CCN1C(N2CCCC(N)C2)=NC2(C)C1C(=O)N(c1cccc3ccccc13)C(=O)N2C. The van der Waals surface area contributed by atoms with E-state index in [1.54, 1.807) is 11.9 Å². The van der Waals surface area contributed by atoms with E-state index < -0.39 is 11.7 Å². The standard InChI is InChI=1S/C27H34N6O2/c1-18(2)14-16-32-23-24(34)33(22-13-7-10-19-9-5-6-12-21(19)22)26(35)30(4)27(23,3)29-25(32)31-15-8-11-20(28)17-31/h5-7,9-10,12-14,20,23H,8,11,15-17,28H2,1-4H3. The molecule has 3 heterocycles. The van der Waals surface area contributed by atoms with Crippen molar-refractivity contribution in [3.8, 4) is 0 Å². The molecule has 0 bridgehead atoms. The molecule has 0 aliphatic carbocycles. The fourth-order valence-electron chi connectivity index (χ4n) is 5.46. The number of carbonyl (C=O) groups excluding carboxylic acids is 2. The van der Waals surface area contributed by atoms with E-state index >= 15 is 0 Å². The van der Waals surface area contributed by atoms with Crippen molar-refractivity contribution in [2.24, 2.45) is 10.7 Å². The van der Waals surface area contributed by atoms with E-state index in [4.69, 9.17) is 10.7 Å². The summed E-state index contributed by atoms with van der Waals surface area (Å²) in [5, 5.41) is 1.85. The van der Waals surface area contributed by atoms with E-state index in [9.17, 15) is 9.59 Å². The number of benzene rings is 2. The fourth-order valence-corrected chi connectivity index (χ4v) is 5.46. The molecule has 0 spiro atoms. The highest BCUT2D eigenvalue weighted by atomic mass is 16.2. The zero-order chi connectivity index (χ0) is 24.9. The molecule has 0 aromatic heterocycles. The van der Waals surface area contributed by atoms with Gasteiger partial charge in [-0.15, -0.1) is 0 Å². The molecular formula is C27H34N6O2. The van der Waals surface area contributed by atoms with Crippen LogP contribution in [0.5, 0.6) is 0 Å². The number of hydrogen-bond donors (Lipinski definition) is 1. The summed E-state index contributed by atoms with van der Waals surface area (Å²) in [4.78, 5) is 40.3. The number of nitrogens with zero attached hydrogens (tertiary/aromatic N) is 5. The zero-order valence-electron chi connectivity index (χ0n) is 20.9. The Morgan fingerprint density at radius 2 is 1.91 bits per heavy atom. The molecule has 3 aliphatic rings. The molecule has 3 atom stereocenters. The Morgan fingerprint density at radius 3 is 2.66 bits per heavy atom. The van der Waals surface area contributed by atoms with Crippen LogP contribution >= 0.6 is 0 Å². The number of carbonyl (C=O) groups is 2. The summed E-state index contributed by atoms with van der Waals surface area (Å²) >= 11 is 0.